The fourth-order valence-electron chi connectivity index (χ4n) is 2.42. The smallest absolute Gasteiger partial charge is 0.258 e. The summed E-state index contributed by atoms with van der Waals surface area (Å²) < 4.78 is 0. The zero-order valence-electron chi connectivity index (χ0n) is 12.8. The second-order valence-electron chi connectivity index (χ2n) is 5.41. The molecule has 0 fully saturated rings. The summed E-state index contributed by atoms with van der Waals surface area (Å²) in [6, 6.07) is 4.80. The van der Waals surface area contributed by atoms with Gasteiger partial charge in [0.1, 0.15) is 0 Å². The Bertz CT molecular complexity index is 495. The van der Waals surface area contributed by atoms with Gasteiger partial charge in [-0.15, -0.1) is 0 Å². The molecule has 0 bridgehead atoms. The Balaban J connectivity index is 2.31. The molecule has 21 heavy (non-hydrogen) atoms. The molecule has 5 heteroatoms. The van der Waals surface area contributed by atoms with Gasteiger partial charge >= 0.3 is 11.4 Å². The molecule has 0 aliphatic rings. The van der Waals surface area contributed by atoms with E-state index in [4.69, 9.17) is 5.39 Å². The highest BCUT2D eigenvalue weighted by Gasteiger charge is 2.24. The molecule has 0 unspecified atom stereocenters. The normalized spacial score (nSPS) is 10.3. The van der Waals surface area contributed by atoms with Gasteiger partial charge in [-0.3, -0.25) is 10.1 Å². The fourth-order valence-corrected chi connectivity index (χ4v) is 2.42. The molecule has 0 saturated heterocycles. The topological polar surface area (TPSA) is 71.3 Å². The Kier molecular flexibility index (Phi) is 8.03. The van der Waals surface area contributed by atoms with Gasteiger partial charge in [0.25, 0.3) is 0 Å². The number of aryl methyl sites for hydroxylation is 1. The fraction of sp³-hybridized carbons (Fsp3) is 0.625. The second kappa shape index (κ2) is 9.87. The number of unbranched alkanes of at least 4 members (excludes halogenated alkanes) is 7. The molecular formula is C16H24N3O2+. The molecule has 5 nitrogen and oxygen atoms in total. The SMILES string of the molecule is CCCCCCCCCCc1ccc([N+]#N)c([N+](=O)[O-])c1. The Hall–Kier alpha value is -1.96. The second-order valence-corrected chi connectivity index (χ2v) is 5.41. The zero-order chi connectivity index (χ0) is 15.5. The molecule has 0 radical (unpaired) electrons. The summed E-state index contributed by atoms with van der Waals surface area (Å²) in [6.07, 6.45) is 10.8. The minimum atomic E-state index is -0.508. The van der Waals surface area contributed by atoms with E-state index in [9.17, 15) is 10.1 Å². The Morgan fingerprint density at radius 3 is 2.29 bits per heavy atom. The number of nitrogens with zero attached hydrogens (tertiary/aromatic N) is 3. The highest BCUT2D eigenvalue weighted by Crippen LogP contribution is 2.28. The first-order chi connectivity index (χ1) is 10.2. The number of nitro benzene ring substituents is 1. The Morgan fingerprint density at radius 1 is 1.10 bits per heavy atom. The molecule has 0 saturated carbocycles. The predicted molar refractivity (Wildman–Crippen MR) is 84.2 cm³/mol. The summed E-state index contributed by atoms with van der Waals surface area (Å²) in [7, 11) is 0. The van der Waals surface area contributed by atoms with E-state index in [0.29, 0.717) is 0 Å². The summed E-state index contributed by atoms with van der Waals surface area (Å²) in [4.78, 5) is 13.3. The van der Waals surface area contributed by atoms with Gasteiger partial charge in [-0.05, 0) is 18.4 Å². The lowest BCUT2D eigenvalue weighted by molar-refractivity contribution is -0.383. The van der Waals surface area contributed by atoms with Crippen molar-refractivity contribution in [3.05, 3.63) is 38.9 Å². The molecule has 0 aliphatic carbocycles. The van der Waals surface area contributed by atoms with E-state index in [1.54, 1.807) is 6.07 Å². The third kappa shape index (κ3) is 6.35. The van der Waals surface area contributed by atoms with Crippen molar-refractivity contribution < 1.29 is 4.92 Å². The van der Waals surface area contributed by atoms with E-state index < -0.39 is 4.92 Å². The summed E-state index contributed by atoms with van der Waals surface area (Å²) >= 11 is 0. The maximum atomic E-state index is 10.9. The molecule has 0 amide bonds. The third-order valence-electron chi connectivity index (χ3n) is 3.66. The highest BCUT2D eigenvalue weighted by atomic mass is 16.6. The summed E-state index contributed by atoms with van der Waals surface area (Å²) in [5.74, 6) is 0. The van der Waals surface area contributed by atoms with Crippen molar-refractivity contribution in [2.24, 2.45) is 0 Å². The van der Waals surface area contributed by atoms with Crippen LogP contribution in [0.2, 0.25) is 0 Å². The van der Waals surface area contributed by atoms with E-state index in [2.05, 4.69) is 11.9 Å². The van der Waals surface area contributed by atoms with Crippen LogP contribution >= 0.6 is 0 Å². The van der Waals surface area contributed by atoms with Crippen LogP contribution in [-0.2, 0) is 6.42 Å². The zero-order valence-corrected chi connectivity index (χ0v) is 12.8. The minimum absolute atomic E-state index is 0.0136. The van der Waals surface area contributed by atoms with Crippen LogP contribution in [0, 0.1) is 15.5 Å². The minimum Gasteiger partial charge on any atom is -0.258 e. The van der Waals surface area contributed by atoms with Gasteiger partial charge in [-0.2, -0.15) is 0 Å². The Labute approximate surface area is 126 Å². The molecular weight excluding hydrogens is 266 g/mol. The van der Waals surface area contributed by atoms with Crippen molar-refractivity contribution in [3.8, 4) is 0 Å². The first-order valence-electron chi connectivity index (χ1n) is 7.81. The summed E-state index contributed by atoms with van der Waals surface area (Å²) in [5, 5.41) is 19.6. The molecule has 0 atom stereocenters. The van der Waals surface area contributed by atoms with Crippen LogP contribution in [-0.4, -0.2) is 4.92 Å². The van der Waals surface area contributed by atoms with E-state index in [-0.39, 0.29) is 11.4 Å². The van der Waals surface area contributed by atoms with Gasteiger partial charge in [0, 0.05) is 12.1 Å². The van der Waals surface area contributed by atoms with E-state index >= 15 is 0 Å². The number of diazo groups is 1. The lowest BCUT2D eigenvalue weighted by Gasteiger charge is -2.02. The largest absolute Gasteiger partial charge is 0.461 e. The average molecular weight is 290 g/mol. The van der Waals surface area contributed by atoms with Gasteiger partial charge in [-0.25, -0.2) is 0 Å². The molecule has 0 spiro atoms. The highest BCUT2D eigenvalue weighted by molar-refractivity contribution is 5.62. The molecule has 0 aliphatic heterocycles. The summed E-state index contributed by atoms with van der Waals surface area (Å²) in [5.41, 5.74) is 0.814. The maximum Gasteiger partial charge on any atom is 0.461 e. The number of rotatable bonds is 10. The van der Waals surface area contributed by atoms with E-state index in [0.717, 1.165) is 24.8 Å². The predicted octanol–water partition coefficient (Wildman–Crippen LogP) is 5.76. The molecule has 1 aromatic rings. The molecule has 0 aromatic heterocycles. The van der Waals surface area contributed by atoms with Crippen molar-refractivity contribution in [2.75, 3.05) is 0 Å². The van der Waals surface area contributed by atoms with Gasteiger partial charge in [-0.1, -0.05) is 57.9 Å². The lowest BCUT2D eigenvalue weighted by atomic mass is 10.0. The first kappa shape index (κ1) is 17.1. The van der Waals surface area contributed by atoms with Crippen LogP contribution in [0.4, 0.5) is 11.4 Å². The molecule has 0 heterocycles. The van der Waals surface area contributed by atoms with Crippen molar-refractivity contribution in [1.82, 2.24) is 0 Å². The average Bonchev–Trinajstić information content (AvgIpc) is 2.49. The molecule has 114 valence electrons. The third-order valence-corrected chi connectivity index (χ3v) is 3.66. The number of hydrogen-bond donors (Lipinski definition) is 0. The van der Waals surface area contributed by atoms with Crippen molar-refractivity contribution in [3.63, 3.8) is 0 Å². The summed E-state index contributed by atoms with van der Waals surface area (Å²) in [6.45, 7) is 2.22. The van der Waals surface area contributed by atoms with Crippen LogP contribution in [0.1, 0.15) is 63.9 Å². The van der Waals surface area contributed by atoms with Gasteiger partial charge in [0.15, 0.2) is 4.98 Å². The lowest BCUT2D eigenvalue weighted by Crippen LogP contribution is -1.92. The van der Waals surface area contributed by atoms with E-state index in [1.807, 2.05) is 0 Å². The first-order valence-corrected chi connectivity index (χ1v) is 7.81. The van der Waals surface area contributed by atoms with Crippen LogP contribution in [0.5, 0.6) is 0 Å². The quantitative estimate of drug-likeness (QED) is 0.238. The van der Waals surface area contributed by atoms with Crippen molar-refractivity contribution in [1.29, 1.82) is 5.39 Å². The van der Waals surface area contributed by atoms with Gasteiger partial charge in [0.05, 0.1) is 4.92 Å². The Morgan fingerprint density at radius 2 is 1.71 bits per heavy atom. The van der Waals surface area contributed by atoms with Crippen molar-refractivity contribution >= 4 is 11.4 Å². The van der Waals surface area contributed by atoms with Gasteiger partial charge < -0.3 is 0 Å². The maximum absolute atomic E-state index is 10.9. The van der Waals surface area contributed by atoms with E-state index in [1.165, 1.54) is 50.7 Å². The van der Waals surface area contributed by atoms with Crippen LogP contribution in [0.15, 0.2) is 18.2 Å². The van der Waals surface area contributed by atoms with Crippen LogP contribution in [0.25, 0.3) is 4.98 Å². The number of nitro groups is 1. The van der Waals surface area contributed by atoms with Gasteiger partial charge in [0.2, 0.25) is 5.39 Å². The standard InChI is InChI=1S/C16H24N3O2/c1-2-3-4-5-6-7-8-9-10-14-11-12-15(18-17)16(13-14)19(20)21/h11-13H,2-10H2,1H3/q+1. The molecule has 0 N–H and O–H groups in total. The molecule has 1 rings (SSSR count). The van der Waals surface area contributed by atoms with Crippen LogP contribution in [0.3, 0.4) is 0 Å². The number of hydrogen-bond acceptors (Lipinski definition) is 3. The monoisotopic (exact) mass is 290 g/mol. The molecule has 1 aromatic carbocycles. The number of benzene rings is 1. The van der Waals surface area contributed by atoms with Crippen LogP contribution < -0.4 is 0 Å². The van der Waals surface area contributed by atoms with Crippen molar-refractivity contribution in [2.45, 2.75) is 64.7 Å².